The van der Waals surface area contributed by atoms with Gasteiger partial charge in [-0.05, 0) is 55.0 Å². The quantitative estimate of drug-likeness (QED) is 0.655. The van der Waals surface area contributed by atoms with Gasteiger partial charge in [-0.1, -0.05) is 37.3 Å². The van der Waals surface area contributed by atoms with Gasteiger partial charge in [0.2, 0.25) is 5.95 Å². The molecular formula is C22H28N6S. The molecule has 1 fully saturated rings. The van der Waals surface area contributed by atoms with Crippen molar-refractivity contribution in [3.05, 3.63) is 59.9 Å². The first-order valence-electron chi connectivity index (χ1n) is 10.1. The lowest BCUT2D eigenvalue weighted by Crippen LogP contribution is -2.50. The normalized spacial score (nSPS) is 19.8. The van der Waals surface area contributed by atoms with E-state index in [-0.39, 0.29) is 0 Å². The summed E-state index contributed by atoms with van der Waals surface area (Å²) < 4.78 is 4.30. The van der Waals surface area contributed by atoms with Crippen LogP contribution in [-0.2, 0) is 6.54 Å². The lowest BCUT2D eigenvalue weighted by Gasteiger charge is -2.42. The van der Waals surface area contributed by atoms with Gasteiger partial charge in [0.25, 0.3) is 0 Å². The standard InChI is InChI=1S/C22H28N6S/c1-16-10-12-28(14-18-7-5-4-6-8-18)15-19(16)27(3)20-9-11-23-22(24-20)25-21-13-17(2)26-29-21/h4-9,11,13,16,19H,10,12,14-15H2,1-3H3,(H,23,24,25)/t16-,19+/m1/s1. The Morgan fingerprint density at radius 2 is 2.07 bits per heavy atom. The van der Waals surface area contributed by atoms with Gasteiger partial charge in [0.1, 0.15) is 10.8 Å². The highest BCUT2D eigenvalue weighted by Crippen LogP contribution is 2.27. The van der Waals surface area contributed by atoms with Crippen LogP contribution in [0.5, 0.6) is 0 Å². The molecule has 29 heavy (non-hydrogen) atoms. The Morgan fingerprint density at radius 1 is 1.24 bits per heavy atom. The van der Waals surface area contributed by atoms with Crippen molar-refractivity contribution < 1.29 is 0 Å². The van der Waals surface area contributed by atoms with Gasteiger partial charge in [0.05, 0.1) is 5.69 Å². The van der Waals surface area contributed by atoms with Gasteiger partial charge < -0.3 is 10.2 Å². The molecule has 2 aromatic heterocycles. The summed E-state index contributed by atoms with van der Waals surface area (Å²) in [6.45, 7) is 7.51. The van der Waals surface area contributed by atoms with Gasteiger partial charge in [-0.15, -0.1) is 0 Å². The maximum absolute atomic E-state index is 4.76. The van der Waals surface area contributed by atoms with Crippen molar-refractivity contribution in [2.45, 2.75) is 32.9 Å². The summed E-state index contributed by atoms with van der Waals surface area (Å²) in [6.07, 6.45) is 3.02. The third-order valence-corrected chi connectivity index (χ3v) is 6.41. The average Bonchev–Trinajstić information content (AvgIpc) is 3.14. The maximum atomic E-state index is 4.76. The third-order valence-electron chi connectivity index (χ3n) is 5.61. The molecule has 0 spiro atoms. The molecule has 1 aliphatic heterocycles. The van der Waals surface area contributed by atoms with Gasteiger partial charge in [-0.3, -0.25) is 4.90 Å². The number of anilines is 3. The number of nitrogens with one attached hydrogen (secondary N) is 1. The fourth-order valence-corrected chi connectivity index (χ4v) is 4.57. The van der Waals surface area contributed by atoms with E-state index < -0.39 is 0 Å². The van der Waals surface area contributed by atoms with Crippen molar-refractivity contribution in [2.75, 3.05) is 30.4 Å². The van der Waals surface area contributed by atoms with Crippen molar-refractivity contribution in [3.63, 3.8) is 0 Å². The number of hydrogen-bond acceptors (Lipinski definition) is 7. The largest absolute Gasteiger partial charge is 0.355 e. The summed E-state index contributed by atoms with van der Waals surface area (Å²) in [5.74, 6) is 2.17. The molecule has 1 saturated heterocycles. The molecule has 4 rings (SSSR count). The molecule has 2 atom stereocenters. The van der Waals surface area contributed by atoms with Crippen LogP contribution in [0.3, 0.4) is 0 Å². The summed E-state index contributed by atoms with van der Waals surface area (Å²) >= 11 is 1.43. The van der Waals surface area contributed by atoms with E-state index in [1.165, 1.54) is 23.5 Å². The van der Waals surface area contributed by atoms with Crippen LogP contribution in [0.25, 0.3) is 0 Å². The van der Waals surface area contributed by atoms with E-state index in [1.807, 2.05) is 25.3 Å². The zero-order valence-electron chi connectivity index (χ0n) is 17.2. The van der Waals surface area contributed by atoms with Gasteiger partial charge in [0.15, 0.2) is 0 Å². The van der Waals surface area contributed by atoms with E-state index in [0.29, 0.717) is 17.9 Å². The highest BCUT2D eigenvalue weighted by molar-refractivity contribution is 7.10. The summed E-state index contributed by atoms with van der Waals surface area (Å²) in [5.41, 5.74) is 2.37. The Bertz CT molecular complexity index is 928. The van der Waals surface area contributed by atoms with E-state index in [1.54, 1.807) is 0 Å². The van der Waals surface area contributed by atoms with Crippen LogP contribution >= 0.6 is 11.5 Å². The molecule has 6 nitrogen and oxygen atoms in total. The number of benzene rings is 1. The molecule has 1 aliphatic rings. The van der Waals surface area contributed by atoms with Crippen LogP contribution in [0, 0.1) is 12.8 Å². The molecule has 3 heterocycles. The Kier molecular flexibility index (Phi) is 6.06. The van der Waals surface area contributed by atoms with Crippen LogP contribution in [0.2, 0.25) is 0 Å². The summed E-state index contributed by atoms with van der Waals surface area (Å²) in [4.78, 5) is 14.0. The van der Waals surface area contributed by atoms with Gasteiger partial charge >= 0.3 is 0 Å². The van der Waals surface area contributed by atoms with Crippen LogP contribution in [0.15, 0.2) is 48.7 Å². The third kappa shape index (κ3) is 4.92. The predicted octanol–water partition coefficient (Wildman–Crippen LogP) is 4.33. The highest BCUT2D eigenvalue weighted by Gasteiger charge is 2.30. The second kappa shape index (κ2) is 8.88. The second-order valence-corrected chi connectivity index (χ2v) is 8.67. The minimum Gasteiger partial charge on any atom is -0.355 e. The van der Waals surface area contributed by atoms with Crippen molar-refractivity contribution in [1.82, 2.24) is 19.2 Å². The molecular weight excluding hydrogens is 380 g/mol. The number of rotatable bonds is 6. The van der Waals surface area contributed by atoms with Crippen LogP contribution in [-0.4, -0.2) is 45.4 Å². The Labute approximate surface area is 176 Å². The van der Waals surface area contributed by atoms with E-state index in [0.717, 1.165) is 36.1 Å². The molecule has 0 unspecified atom stereocenters. The summed E-state index contributed by atoms with van der Waals surface area (Å²) in [6, 6.07) is 15.1. The molecule has 0 bridgehead atoms. The molecule has 1 aromatic carbocycles. The first kappa shape index (κ1) is 19.8. The minimum atomic E-state index is 0.417. The average molecular weight is 409 g/mol. The number of hydrogen-bond donors (Lipinski definition) is 1. The van der Waals surface area contributed by atoms with Crippen LogP contribution in [0.1, 0.15) is 24.6 Å². The van der Waals surface area contributed by atoms with E-state index in [2.05, 4.69) is 68.8 Å². The zero-order valence-corrected chi connectivity index (χ0v) is 18.1. The number of aryl methyl sites for hydroxylation is 1. The molecule has 0 amide bonds. The van der Waals surface area contributed by atoms with Gasteiger partial charge in [-0.2, -0.15) is 9.36 Å². The fourth-order valence-electron chi connectivity index (χ4n) is 3.91. The Hall–Kier alpha value is -2.51. The number of likely N-dealkylation sites (N-methyl/N-ethyl adjacent to an activating group) is 1. The number of nitrogens with zero attached hydrogens (tertiary/aromatic N) is 5. The lowest BCUT2D eigenvalue weighted by molar-refractivity contribution is 0.159. The van der Waals surface area contributed by atoms with E-state index in [4.69, 9.17) is 4.98 Å². The smallest absolute Gasteiger partial charge is 0.229 e. The summed E-state index contributed by atoms with van der Waals surface area (Å²) in [7, 11) is 2.15. The molecule has 152 valence electrons. The van der Waals surface area contributed by atoms with E-state index >= 15 is 0 Å². The van der Waals surface area contributed by atoms with Gasteiger partial charge in [0, 0.05) is 32.4 Å². The molecule has 0 aliphatic carbocycles. The number of likely N-dealkylation sites (tertiary alicyclic amines) is 1. The SMILES string of the molecule is Cc1cc(Nc2nccc(N(C)[C@H]3CN(Cc4ccccc4)CC[C@H]3C)n2)sn1. The van der Waals surface area contributed by atoms with Crippen molar-refractivity contribution in [1.29, 1.82) is 0 Å². The van der Waals surface area contributed by atoms with Gasteiger partial charge in [-0.25, -0.2) is 4.98 Å². The van der Waals surface area contributed by atoms with Crippen molar-refractivity contribution in [2.24, 2.45) is 5.92 Å². The van der Waals surface area contributed by atoms with E-state index in [9.17, 15) is 0 Å². The second-order valence-electron chi connectivity index (χ2n) is 7.86. The number of aromatic nitrogens is 3. The molecule has 7 heteroatoms. The molecule has 1 N–H and O–H groups in total. The first-order chi connectivity index (χ1) is 14.1. The molecule has 0 saturated carbocycles. The number of piperidine rings is 1. The lowest BCUT2D eigenvalue weighted by atomic mass is 9.92. The first-order valence-corrected chi connectivity index (χ1v) is 10.9. The topological polar surface area (TPSA) is 57.2 Å². The monoisotopic (exact) mass is 408 g/mol. The Balaban J connectivity index is 1.45. The fraction of sp³-hybridized carbons (Fsp3) is 0.409. The van der Waals surface area contributed by atoms with Crippen molar-refractivity contribution in [3.8, 4) is 0 Å². The summed E-state index contributed by atoms with van der Waals surface area (Å²) in [5, 5.41) is 4.23. The zero-order chi connectivity index (χ0) is 20.2. The highest BCUT2D eigenvalue weighted by atomic mass is 32.1. The maximum Gasteiger partial charge on any atom is 0.229 e. The van der Waals surface area contributed by atoms with Crippen LogP contribution < -0.4 is 10.2 Å². The minimum absolute atomic E-state index is 0.417. The van der Waals surface area contributed by atoms with Crippen LogP contribution in [0.4, 0.5) is 16.8 Å². The predicted molar refractivity (Wildman–Crippen MR) is 120 cm³/mol. The van der Waals surface area contributed by atoms with Crippen molar-refractivity contribution >= 4 is 28.3 Å². The Morgan fingerprint density at radius 3 is 2.83 bits per heavy atom. The molecule has 0 radical (unpaired) electrons. The molecule has 3 aromatic rings.